The van der Waals surface area contributed by atoms with Crippen molar-refractivity contribution in [1.29, 1.82) is 0 Å². The van der Waals surface area contributed by atoms with Crippen molar-refractivity contribution in [3.05, 3.63) is 18.3 Å². The van der Waals surface area contributed by atoms with Crippen molar-refractivity contribution in [3.63, 3.8) is 0 Å². The summed E-state index contributed by atoms with van der Waals surface area (Å²) in [6.07, 6.45) is 4.34. The average Bonchev–Trinajstić information content (AvgIpc) is 3.05. The van der Waals surface area contributed by atoms with Gasteiger partial charge in [-0.05, 0) is 49.0 Å². The minimum Gasteiger partial charge on any atom is -0.417 e. The predicted octanol–water partition coefficient (Wildman–Crippen LogP) is 4.50. The van der Waals surface area contributed by atoms with Crippen LogP contribution in [0, 0.1) is 5.92 Å². The Labute approximate surface area is 176 Å². The molecule has 0 radical (unpaired) electrons. The maximum Gasteiger partial charge on any atom is 0.191 e. The first-order valence-electron chi connectivity index (χ1n) is 10.8. The van der Waals surface area contributed by atoms with Crippen molar-refractivity contribution in [2.24, 2.45) is 5.92 Å². The molecule has 162 valence electrons. The van der Waals surface area contributed by atoms with Crippen LogP contribution in [0.15, 0.2) is 18.3 Å². The molecule has 0 atom stereocenters. The smallest absolute Gasteiger partial charge is 0.191 e. The summed E-state index contributed by atoms with van der Waals surface area (Å²) in [5, 5.41) is 6.03. The van der Waals surface area contributed by atoms with E-state index < -0.39 is 8.32 Å². The highest BCUT2D eigenvalue weighted by molar-refractivity contribution is 6.74. The summed E-state index contributed by atoms with van der Waals surface area (Å²) >= 11 is 0. The first kappa shape index (κ1) is 22.1. The van der Waals surface area contributed by atoms with Crippen LogP contribution >= 0.6 is 0 Å². The van der Waals surface area contributed by atoms with Gasteiger partial charge in [0.15, 0.2) is 8.32 Å². The summed E-state index contributed by atoms with van der Waals surface area (Å²) in [5.41, 5.74) is 9.34. The fraction of sp³-hybridized carbons (Fsp3) is 0.682. The fourth-order valence-corrected chi connectivity index (χ4v) is 4.67. The third kappa shape index (κ3) is 5.13. The van der Waals surface area contributed by atoms with E-state index >= 15 is 0 Å². The van der Waals surface area contributed by atoms with Gasteiger partial charge in [-0.3, -0.25) is 4.68 Å². The minimum absolute atomic E-state index is 0.268. The van der Waals surface area contributed by atoms with Gasteiger partial charge in [-0.2, -0.15) is 5.10 Å². The summed E-state index contributed by atoms with van der Waals surface area (Å²) < 4.78 is 13.5. The number of fused-ring (bicyclic) bond motifs is 1. The molecule has 0 aliphatic carbocycles. The normalized spacial score (nSPS) is 16.7. The molecular weight excluding hydrogens is 380 g/mol. The van der Waals surface area contributed by atoms with Crippen LogP contribution in [0.25, 0.3) is 10.9 Å². The molecule has 0 spiro atoms. The van der Waals surface area contributed by atoms with Gasteiger partial charge in [0.25, 0.3) is 0 Å². The number of nitrogens with two attached hydrogens (primary N) is 1. The van der Waals surface area contributed by atoms with Crippen LogP contribution in [-0.4, -0.2) is 51.5 Å². The SMILES string of the molecule is COCCn1cc2cc(N)c(N3CCC(CO[Si](C)(C)C(C)(C)C)CC3)cc2n1. The van der Waals surface area contributed by atoms with Crippen molar-refractivity contribution >= 4 is 30.6 Å². The Hall–Kier alpha value is -1.57. The molecule has 0 bridgehead atoms. The number of aromatic nitrogens is 2. The lowest BCUT2D eigenvalue weighted by atomic mass is 9.97. The lowest BCUT2D eigenvalue weighted by Crippen LogP contribution is -2.43. The molecule has 1 saturated heterocycles. The van der Waals surface area contributed by atoms with Gasteiger partial charge in [0, 0.05) is 38.4 Å². The molecule has 1 aliphatic heterocycles. The molecule has 0 unspecified atom stereocenters. The van der Waals surface area contributed by atoms with Crippen molar-refractivity contribution in [2.45, 2.75) is 58.3 Å². The fourth-order valence-electron chi connectivity index (χ4n) is 3.59. The zero-order valence-electron chi connectivity index (χ0n) is 19.0. The summed E-state index contributed by atoms with van der Waals surface area (Å²) in [6, 6.07) is 4.19. The summed E-state index contributed by atoms with van der Waals surface area (Å²) in [6.45, 7) is 15.9. The molecule has 1 aromatic carbocycles. The number of benzene rings is 1. The highest BCUT2D eigenvalue weighted by atomic mass is 28.4. The molecule has 6 nitrogen and oxygen atoms in total. The number of hydrogen-bond donors (Lipinski definition) is 1. The molecule has 2 N–H and O–H groups in total. The molecule has 29 heavy (non-hydrogen) atoms. The van der Waals surface area contributed by atoms with Gasteiger partial charge >= 0.3 is 0 Å². The Balaban J connectivity index is 1.61. The standard InChI is InChI=1S/C22H38N4O2Si/c1-22(2,3)29(5,6)28-16-17-7-9-25(10-8-17)21-14-20-18(13-19(21)23)15-26(24-20)11-12-27-4/h13-15,17H,7-12,16,23H2,1-6H3. The Morgan fingerprint density at radius 1 is 1.21 bits per heavy atom. The quantitative estimate of drug-likeness (QED) is 0.530. The van der Waals surface area contributed by atoms with E-state index in [1.54, 1.807) is 7.11 Å². The van der Waals surface area contributed by atoms with Crippen LogP contribution in [0.1, 0.15) is 33.6 Å². The second-order valence-electron chi connectivity index (χ2n) is 9.86. The largest absolute Gasteiger partial charge is 0.417 e. The van der Waals surface area contributed by atoms with E-state index in [1.165, 1.54) is 0 Å². The van der Waals surface area contributed by atoms with E-state index in [0.29, 0.717) is 12.5 Å². The number of methoxy groups -OCH3 is 1. The molecule has 3 rings (SSSR count). The zero-order valence-corrected chi connectivity index (χ0v) is 20.0. The molecule has 7 heteroatoms. The summed E-state index contributed by atoms with van der Waals surface area (Å²) in [4.78, 5) is 2.41. The molecular formula is C22H38N4O2Si. The number of nitrogens with zero attached hydrogens (tertiary/aromatic N) is 3. The Morgan fingerprint density at radius 3 is 2.52 bits per heavy atom. The zero-order chi connectivity index (χ0) is 21.2. The van der Waals surface area contributed by atoms with Crippen molar-refractivity contribution in [2.75, 3.05) is 44.0 Å². The number of hydrogen-bond acceptors (Lipinski definition) is 5. The topological polar surface area (TPSA) is 65.5 Å². The van der Waals surface area contributed by atoms with Gasteiger partial charge in [-0.25, -0.2) is 0 Å². The Bertz CT molecular complexity index is 820. The lowest BCUT2D eigenvalue weighted by Gasteiger charge is -2.39. The van der Waals surface area contributed by atoms with Crippen molar-refractivity contribution < 1.29 is 9.16 Å². The van der Waals surface area contributed by atoms with Crippen LogP contribution < -0.4 is 10.6 Å². The van der Waals surface area contributed by atoms with Gasteiger partial charge in [-0.1, -0.05) is 20.8 Å². The highest BCUT2D eigenvalue weighted by Gasteiger charge is 2.37. The number of anilines is 2. The summed E-state index contributed by atoms with van der Waals surface area (Å²) in [7, 11) is 0.0387. The Morgan fingerprint density at radius 2 is 1.90 bits per heavy atom. The van der Waals surface area contributed by atoms with Crippen LogP contribution in [0.3, 0.4) is 0 Å². The average molecular weight is 419 g/mol. The van der Waals surface area contributed by atoms with E-state index in [2.05, 4.69) is 49.9 Å². The van der Waals surface area contributed by atoms with E-state index in [9.17, 15) is 0 Å². The maximum atomic E-state index is 6.46. The monoisotopic (exact) mass is 418 g/mol. The van der Waals surface area contributed by atoms with Gasteiger partial charge in [0.1, 0.15) is 0 Å². The third-order valence-corrected chi connectivity index (χ3v) is 11.2. The number of nitrogen functional groups attached to an aromatic ring is 1. The van der Waals surface area contributed by atoms with Crippen LogP contribution in [0.5, 0.6) is 0 Å². The van der Waals surface area contributed by atoms with Crippen LogP contribution in [-0.2, 0) is 15.7 Å². The minimum atomic E-state index is -1.67. The van der Waals surface area contributed by atoms with E-state index in [4.69, 9.17) is 14.9 Å². The molecule has 1 aliphatic rings. The Kier molecular flexibility index (Phi) is 6.60. The molecule has 1 fully saturated rings. The molecule has 1 aromatic heterocycles. The lowest BCUT2D eigenvalue weighted by molar-refractivity contribution is 0.184. The second kappa shape index (κ2) is 8.66. The van der Waals surface area contributed by atoms with Gasteiger partial charge in [0.05, 0.1) is 30.0 Å². The highest BCUT2D eigenvalue weighted by Crippen LogP contribution is 2.38. The van der Waals surface area contributed by atoms with E-state index in [1.807, 2.05) is 16.9 Å². The van der Waals surface area contributed by atoms with E-state index in [-0.39, 0.29) is 5.04 Å². The molecule has 0 saturated carbocycles. The number of piperidine rings is 1. The molecule has 0 amide bonds. The van der Waals surface area contributed by atoms with Crippen molar-refractivity contribution in [3.8, 4) is 0 Å². The van der Waals surface area contributed by atoms with E-state index in [0.717, 1.165) is 61.4 Å². The first-order chi connectivity index (χ1) is 13.6. The maximum absolute atomic E-state index is 6.46. The number of ether oxygens (including phenoxy) is 1. The van der Waals surface area contributed by atoms with Crippen LogP contribution in [0.4, 0.5) is 11.4 Å². The summed E-state index contributed by atoms with van der Waals surface area (Å²) in [5.74, 6) is 0.638. The van der Waals surface area contributed by atoms with Gasteiger partial charge < -0.3 is 19.8 Å². The second-order valence-corrected chi connectivity index (χ2v) is 14.7. The van der Waals surface area contributed by atoms with Crippen LogP contribution in [0.2, 0.25) is 18.1 Å². The molecule has 2 aromatic rings. The molecule has 2 heterocycles. The van der Waals surface area contributed by atoms with Gasteiger partial charge in [0.2, 0.25) is 0 Å². The third-order valence-electron chi connectivity index (χ3n) is 6.67. The number of rotatable bonds is 7. The van der Waals surface area contributed by atoms with Crippen molar-refractivity contribution in [1.82, 2.24) is 9.78 Å². The predicted molar refractivity (Wildman–Crippen MR) is 124 cm³/mol. The van der Waals surface area contributed by atoms with Gasteiger partial charge in [-0.15, -0.1) is 0 Å². The first-order valence-corrected chi connectivity index (χ1v) is 13.7.